The Morgan fingerprint density at radius 2 is 2.29 bits per heavy atom. The summed E-state index contributed by atoms with van der Waals surface area (Å²) in [4.78, 5) is 20.2. The predicted molar refractivity (Wildman–Crippen MR) is 91.7 cm³/mol. The summed E-state index contributed by atoms with van der Waals surface area (Å²) in [5, 5.41) is 11.2. The van der Waals surface area contributed by atoms with Crippen molar-refractivity contribution >= 4 is 22.4 Å². The maximum absolute atomic E-state index is 12.7. The molecule has 1 aliphatic carbocycles. The molecule has 3 heterocycles. The number of aromatic nitrogens is 3. The molecule has 1 fully saturated rings. The predicted octanol–water partition coefficient (Wildman–Crippen LogP) is 1.30. The lowest BCUT2D eigenvalue weighted by Gasteiger charge is -2.26. The average Bonchev–Trinajstić information content (AvgIpc) is 3.21. The van der Waals surface area contributed by atoms with Crippen LogP contribution in [-0.2, 0) is 17.6 Å². The number of ether oxygens (including phenoxy) is 1. The van der Waals surface area contributed by atoms with E-state index in [4.69, 9.17) is 4.74 Å². The van der Waals surface area contributed by atoms with Crippen molar-refractivity contribution in [2.24, 2.45) is 0 Å². The molecule has 0 saturated carbocycles. The normalized spacial score (nSPS) is 20.7. The van der Waals surface area contributed by atoms with Crippen LogP contribution in [0.3, 0.4) is 0 Å². The molecule has 2 aromatic heterocycles. The van der Waals surface area contributed by atoms with Gasteiger partial charge in [-0.1, -0.05) is 11.3 Å². The lowest BCUT2D eigenvalue weighted by Crippen LogP contribution is -2.38. The Morgan fingerprint density at radius 3 is 3.12 bits per heavy atom. The van der Waals surface area contributed by atoms with Crippen LogP contribution < -0.4 is 10.2 Å². The topological polar surface area (TPSA) is 83.1 Å². The van der Waals surface area contributed by atoms with Crippen molar-refractivity contribution < 1.29 is 9.53 Å². The molecule has 1 atom stereocenters. The monoisotopic (exact) mass is 347 g/mol. The van der Waals surface area contributed by atoms with Gasteiger partial charge in [0.1, 0.15) is 4.88 Å². The summed E-state index contributed by atoms with van der Waals surface area (Å²) in [6, 6.07) is 0.152. The van der Waals surface area contributed by atoms with Crippen LogP contribution in [0, 0.1) is 6.92 Å². The number of amides is 1. The van der Waals surface area contributed by atoms with Gasteiger partial charge in [-0.2, -0.15) is 5.10 Å². The summed E-state index contributed by atoms with van der Waals surface area (Å²) in [5.41, 5.74) is 3.21. The Labute approximate surface area is 144 Å². The second kappa shape index (κ2) is 6.52. The molecular formula is C16H21N5O2S. The first-order valence-electron chi connectivity index (χ1n) is 8.33. The van der Waals surface area contributed by atoms with Gasteiger partial charge in [-0.3, -0.25) is 9.89 Å². The third-order valence-corrected chi connectivity index (χ3v) is 5.85. The van der Waals surface area contributed by atoms with E-state index >= 15 is 0 Å². The SMILES string of the molecule is Cc1nc(N2CCOCC2)sc1C(=O)NC1CCc2cn[nH]c2C1. The Kier molecular flexibility index (Phi) is 4.24. The number of H-pyrrole nitrogens is 1. The number of anilines is 1. The molecule has 8 heteroatoms. The molecule has 2 aliphatic rings. The molecule has 1 saturated heterocycles. The van der Waals surface area contributed by atoms with E-state index in [-0.39, 0.29) is 11.9 Å². The van der Waals surface area contributed by atoms with E-state index in [9.17, 15) is 4.79 Å². The number of aromatic amines is 1. The van der Waals surface area contributed by atoms with Crippen LogP contribution in [0.1, 0.15) is 33.0 Å². The van der Waals surface area contributed by atoms with Gasteiger partial charge in [0.25, 0.3) is 5.91 Å². The Bertz CT molecular complexity index is 735. The molecule has 128 valence electrons. The first-order valence-corrected chi connectivity index (χ1v) is 9.14. The number of hydrogen-bond acceptors (Lipinski definition) is 6. The summed E-state index contributed by atoms with van der Waals surface area (Å²) < 4.78 is 5.38. The number of nitrogens with one attached hydrogen (secondary N) is 2. The van der Waals surface area contributed by atoms with Gasteiger partial charge in [-0.15, -0.1) is 0 Å². The number of carbonyl (C=O) groups excluding carboxylic acids is 1. The number of aryl methyl sites for hydroxylation is 2. The Morgan fingerprint density at radius 1 is 1.46 bits per heavy atom. The molecule has 0 radical (unpaired) electrons. The van der Waals surface area contributed by atoms with Gasteiger partial charge in [0.2, 0.25) is 0 Å². The number of morpholine rings is 1. The summed E-state index contributed by atoms with van der Waals surface area (Å²) in [6.07, 6.45) is 4.61. The van der Waals surface area contributed by atoms with Gasteiger partial charge in [0.05, 0.1) is 25.1 Å². The van der Waals surface area contributed by atoms with Crippen molar-refractivity contribution in [2.75, 3.05) is 31.2 Å². The first-order chi connectivity index (χ1) is 11.7. The zero-order valence-corrected chi connectivity index (χ0v) is 14.5. The quantitative estimate of drug-likeness (QED) is 0.874. The van der Waals surface area contributed by atoms with Gasteiger partial charge in [0, 0.05) is 31.2 Å². The lowest BCUT2D eigenvalue weighted by atomic mass is 9.94. The summed E-state index contributed by atoms with van der Waals surface area (Å²) in [6.45, 7) is 5.01. The van der Waals surface area contributed by atoms with Gasteiger partial charge in [0.15, 0.2) is 5.13 Å². The van der Waals surface area contributed by atoms with Crippen LogP contribution >= 0.6 is 11.3 Å². The summed E-state index contributed by atoms with van der Waals surface area (Å²) in [5.74, 6) is -0.0162. The molecule has 2 aromatic rings. The van der Waals surface area contributed by atoms with E-state index in [0.29, 0.717) is 4.88 Å². The van der Waals surface area contributed by atoms with Crippen LogP contribution in [0.2, 0.25) is 0 Å². The molecule has 0 spiro atoms. The van der Waals surface area contributed by atoms with E-state index in [1.165, 1.54) is 16.9 Å². The van der Waals surface area contributed by atoms with E-state index in [1.54, 1.807) is 0 Å². The van der Waals surface area contributed by atoms with Crippen molar-refractivity contribution in [3.05, 3.63) is 28.0 Å². The number of hydrogen-bond donors (Lipinski definition) is 2. The van der Waals surface area contributed by atoms with Gasteiger partial charge in [-0.05, 0) is 25.3 Å². The zero-order valence-electron chi connectivity index (χ0n) is 13.7. The van der Waals surface area contributed by atoms with E-state index in [1.807, 2.05) is 13.1 Å². The van der Waals surface area contributed by atoms with Crippen LogP contribution in [0.25, 0.3) is 0 Å². The second-order valence-corrected chi connectivity index (χ2v) is 7.27. The minimum absolute atomic E-state index is 0.0162. The van der Waals surface area contributed by atoms with Gasteiger partial charge >= 0.3 is 0 Å². The molecule has 2 N–H and O–H groups in total. The number of nitrogens with zero attached hydrogens (tertiary/aromatic N) is 3. The van der Waals surface area contributed by atoms with Crippen molar-refractivity contribution in [3.8, 4) is 0 Å². The highest BCUT2D eigenvalue weighted by Gasteiger charge is 2.25. The number of carbonyl (C=O) groups is 1. The Hall–Kier alpha value is -1.93. The molecule has 1 amide bonds. The molecule has 7 nitrogen and oxygen atoms in total. The minimum atomic E-state index is -0.0162. The van der Waals surface area contributed by atoms with Crippen LogP contribution in [-0.4, -0.2) is 53.4 Å². The van der Waals surface area contributed by atoms with E-state index in [0.717, 1.165) is 62.1 Å². The molecule has 1 aliphatic heterocycles. The molecular weight excluding hydrogens is 326 g/mol. The average molecular weight is 347 g/mol. The van der Waals surface area contributed by atoms with Gasteiger partial charge < -0.3 is 15.0 Å². The maximum Gasteiger partial charge on any atom is 0.263 e. The fourth-order valence-corrected chi connectivity index (χ4v) is 4.29. The molecule has 1 unspecified atom stereocenters. The number of fused-ring (bicyclic) bond motifs is 1. The molecule has 0 aromatic carbocycles. The smallest absolute Gasteiger partial charge is 0.263 e. The fourth-order valence-electron chi connectivity index (χ4n) is 3.27. The lowest BCUT2D eigenvalue weighted by molar-refractivity contribution is 0.0937. The van der Waals surface area contributed by atoms with Crippen LogP contribution in [0.4, 0.5) is 5.13 Å². The van der Waals surface area contributed by atoms with Crippen LogP contribution in [0.15, 0.2) is 6.20 Å². The van der Waals surface area contributed by atoms with Crippen LogP contribution in [0.5, 0.6) is 0 Å². The summed E-state index contributed by atoms with van der Waals surface area (Å²) >= 11 is 1.48. The highest BCUT2D eigenvalue weighted by atomic mass is 32.1. The van der Waals surface area contributed by atoms with Crippen molar-refractivity contribution in [3.63, 3.8) is 0 Å². The number of rotatable bonds is 3. The third kappa shape index (κ3) is 3.03. The fraction of sp³-hybridized carbons (Fsp3) is 0.562. The molecule has 4 rings (SSSR count). The van der Waals surface area contributed by atoms with E-state index < -0.39 is 0 Å². The van der Waals surface area contributed by atoms with Crippen molar-refractivity contribution in [1.29, 1.82) is 0 Å². The molecule has 0 bridgehead atoms. The summed E-state index contributed by atoms with van der Waals surface area (Å²) in [7, 11) is 0. The Balaban J connectivity index is 1.44. The third-order valence-electron chi connectivity index (χ3n) is 4.63. The number of thiazole rings is 1. The van der Waals surface area contributed by atoms with Crippen molar-refractivity contribution in [2.45, 2.75) is 32.2 Å². The standard InChI is InChI=1S/C16H21N5O2S/c1-10-14(24-16(18-10)21-4-6-23-7-5-21)15(22)19-12-3-2-11-9-17-20-13(11)8-12/h9,12H,2-8H2,1H3,(H,17,20)(H,19,22). The van der Waals surface area contributed by atoms with Gasteiger partial charge in [-0.25, -0.2) is 4.98 Å². The molecule has 24 heavy (non-hydrogen) atoms. The maximum atomic E-state index is 12.7. The zero-order chi connectivity index (χ0) is 16.5. The highest BCUT2D eigenvalue weighted by Crippen LogP contribution is 2.27. The van der Waals surface area contributed by atoms with Crippen molar-refractivity contribution in [1.82, 2.24) is 20.5 Å². The largest absolute Gasteiger partial charge is 0.378 e. The highest BCUT2D eigenvalue weighted by molar-refractivity contribution is 7.17. The first kappa shape index (κ1) is 15.6. The minimum Gasteiger partial charge on any atom is -0.378 e. The second-order valence-electron chi connectivity index (χ2n) is 6.30. The van der Waals surface area contributed by atoms with E-state index in [2.05, 4.69) is 25.4 Å².